The van der Waals surface area contributed by atoms with Gasteiger partial charge in [0.05, 0.1) is 22.4 Å². The summed E-state index contributed by atoms with van der Waals surface area (Å²) in [5.74, 6) is 1.23. The van der Waals surface area contributed by atoms with Crippen molar-refractivity contribution in [3.05, 3.63) is 35.2 Å². The number of hydrogen-bond acceptors (Lipinski definition) is 2. The van der Waals surface area contributed by atoms with Crippen LogP contribution in [0.4, 0.5) is 0 Å². The molecule has 0 aliphatic rings. The molecule has 0 N–H and O–H groups in total. The first-order valence-electron chi connectivity index (χ1n) is 7.22. The molecule has 19 heavy (non-hydrogen) atoms. The molecule has 102 valence electrons. The van der Waals surface area contributed by atoms with Crippen LogP contribution in [0.3, 0.4) is 0 Å². The minimum absolute atomic E-state index is 0.613. The third-order valence-electron chi connectivity index (χ3n) is 3.18. The molecule has 0 bridgehead atoms. The third kappa shape index (κ3) is 3.52. The summed E-state index contributed by atoms with van der Waals surface area (Å²) in [7, 11) is 0. The zero-order valence-electron chi connectivity index (χ0n) is 12.7. The Balaban J connectivity index is 2.52. The Hall–Kier alpha value is -1.44. The van der Waals surface area contributed by atoms with E-state index in [1.165, 1.54) is 17.0 Å². The SMILES string of the molecule is Cc1ccc2nc(CC(C)C)c(CC(C)C)nc2c1. The van der Waals surface area contributed by atoms with Gasteiger partial charge in [-0.05, 0) is 49.3 Å². The Bertz CT molecular complexity index is 571. The van der Waals surface area contributed by atoms with Gasteiger partial charge < -0.3 is 0 Å². The average Bonchev–Trinajstić information content (AvgIpc) is 2.28. The Morgan fingerprint density at radius 2 is 1.37 bits per heavy atom. The van der Waals surface area contributed by atoms with Crippen molar-refractivity contribution in [1.29, 1.82) is 0 Å². The third-order valence-corrected chi connectivity index (χ3v) is 3.18. The molecule has 0 saturated heterocycles. The fourth-order valence-electron chi connectivity index (χ4n) is 2.34. The van der Waals surface area contributed by atoms with Crippen molar-refractivity contribution in [2.75, 3.05) is 0 Å². The minimum Gasteiger partial charge on any atom is -0.249 e. The molecule has 1 heterocycles. The van der Waals surface area contributed by atoms with Crippen molar-refractivity contribution < 1.29 is 0 Å². The second-order valence-electron chi connectivity index (χ2n) is 6.31. The van der Waals surface area contributed by atoms with Crippen LogP contribution in [0.5, 0.6) is 0 Å². The molecule has 2 nitrogen and oxygen atoms in total. The smallest absolute Gasteiger partial charge is 0.0893 e. The molecule has 2 heteroatoms. The van der Waals surface area contributed by atoms with Gasteiger partial charge in [-0.25, -0.2) is 9.97 Å². The summed E-state index contributed by atoms with van der Waals surface area (Å²) >= 11 is 0. The van der Waals surface area contributed by atoms with Gasteiger partial charge in [0.2, 0.25) is 0 Å². The molecule has 0 atom stereocenters. The number of nitrogens with zero attached hydrogens (tertiary/aromatic N) is 2. The van der Waals surface area contributed by atoms with Gasteiger partial charge in [0.25, 0.3) is 0 Å². The highest BCUT2D eigenvalue weighted by atomic mass is 14.8. The molecule has 0 radical (unpaired) electrons. The first kappa shape index (κ1) is 14.0. The van der Waals surface area contributed by atoms with E-state index in [9.17, 15) is 0 Å². The number of hydrogen-bond donors (Lipinski definition) is 0. The second-order valence-corrected chi connectivity index (χ2v) is 6.31. The van der Waals surface area contributed by atoms with E-state index in [2.05, 4.69) is 52.8 Å². The van der Waals surface area contributed by atoms with Gasteiger partial charge >= 0.3 is 0 Å². The molecule has 1 aromatic carbocycles. The minimum atomic E-state index is 0.613. The summed E-state index contributed by atoms with van der Waals surface area (Å²) in [5, 5.41) is 0. The quantitative estimate of drug-likeness (QED) is 0.813. The molecule has 0 fully saturated rings. The maximum Gasteiger partial charge on any atom is 0.0893 e. The highest BCUT2D eigenvalue weighted by Crippen LogP contribution is 2.19. The molecule has 0 aliphatic carbocycles. The zero-order chi connectivity index (χ0) is 14.0. The summed E-state index contributed by atoms with van der Waals surface area (Å²) in [6, 6.07) is 6.32. The van der Waals surface area contributed by atoms with E-state index in [1.807, 2.05) is 0 Å². The lowest BCUT2D eigenvalue weighted by molar-refractivity contribution is 0.597. The summed E-state index contributed by atoms with van der Waals surface area (Å²) in [6.07, 6.45) is 2.03. The molecule has 0 unspecified atom stereocenters. The monoisotopic (exact) mass is 256 g/mol. The second kappa shape index (κ2) is 5.68. The fraction of sp³-hybridized carbons (Fsp3) is 0.529. The Morgan fingerprint density at radius 3 is 1.89 bits per heavy atom. The summed E-state index contributed by atoms with van der Waals surface area (Å²) in [5.41, 5.74) is 5.66. The van der Waals surface area contributed by atoms with Gasteiger partial charge in [-0.1, -0.05) is 33.8 Å². The van der Waals surface area contributed by atoms with Crippen LogP contribution < -0.4 is 0 Å². The molecule has 0 aliphatic heterocycles. The zero-order valence-corrected chi connectivity index (χ0v) is 12.7. The van der Waals surface area contributed by atoms with Gasteiger partial charge in [-0.15, -0.1) is 0 Å². The van der Waals surface area contributed by atoms with Crippen LogP contribution >= 0.6 is 0 Å². The number of benzene rings is 1. The number of aryl methyl sites for hydroxylation is 1. The van der Waals surface area contributed by atoms with Crippen LogP contribution in [0.1, 0.15) is 44.6 Å². The largest absolute Gasteiger partial charge is 0.249 e. The van der Waals surface area contributed by atoms with Crippen LogP contribution in [-0.2, 0) is 12.8 Å². The highest BCUT2D eigenvalue weighted by molar-refractivity contribution is 5.75. The van der Waals surface area contributed by atoms with Gasteiger partial charge in [-0.3, -0.25) is 0 Å². The molecule has 1 aromatic heterocycles. The van der Waals surface area contributed by atoms with Gasteiger partial charge in [0.15, 0.2) is 0 Å². The van der Waals surface area contributed by atoms with Crippen molar-refractivity contribution >= 4 is 11.0 Å². The van der Waals surface area contributed by atoms with Crippen LogP contribution in [0.15, 0.2) is 18.2 Å². The fourth-order valence-corrected chi connectivity index (χ4v) is 2.34. The van der Waals surface area contributed by atoms with E-state index in [-0.39, 0.29) is 0 Å². The van der Waals surface area contributed by atoms with E-state index in [0.29, 0.717) is 11.8 Å². The van der Waals surface area contributed by atoms with E-state index < -0.39 is 0 Å². The molecular weight excluding hydrogens is 232 g/mol. The predicted octanol–water partition coefficient (Wildman–Crippen LogP) is 4.34. The van der Waals surface area contributed by atoms with Crippen LogP contribution in [-0.4, -0.2) is 9.97 Å². The van der Waals surface area contributed by atoms with E-state index >= 15 is 0 Å². The molecule has 2 rings (SSSR count). The first-order valence-corrected chi connectivity index (χ1v) is 7.22. The maximum absolute atomic E-state index is 4.87. The predicted molar refractivity (Wildman–Crippen MR) is 81.4 cm³/mol. The van der Waals surface area contributed by atoms with E-state index in [1.54, 1.807) is 0 Å². The van der Waals surface area contributed by atoms with Crippen molar-refractivity contribution in [2.24, 2.45) is 11.8 Å². The summed E-state index contributed by atoms with van der Waals surface area (Å²) in [4.78, 5) is 9.71. The van der Waals surface area contributed by atoms with Crippen LogP contribution in [0, 0.1) is 18.8 Å². The Labute approximate surface area is 116 Å². The molecular formula is C17H24N2. The highest BCUT2D eigenvalue weighted by Gasteiger charge is 2.12. The van der Waals surface area contributed by atoms with Gasteiger partial charge in [-0.2, -0.15) is 0 Å². The van der Waals surface area contributed by atoms with Crippen molar-refractivity contribution in [2.45, 2.75) is 47.5 Å². The van der Waals surface area contributed by atoms with E-state index in [4.69, 9.17) is 9.97 Å². The molecule has 0 amide bonds. The standard InChI is InChI=1S/C17H24N2/c1-11(2)8-15-16(9-12(3)4)19-17-10-13(5)6-7-14(17)18-15/h6-7,10-12H,8-9H2,1-5H3. The molecule has 2 aromatic rings. The normalized spacial score (nSPS) is 11.7. The van der Waals surface area contributed by atoms with E-state index in [0.717, 1.165) is 23.9 Å². The molecule has 0 spiro atoms. The Kier molecular flexibility index (Phi) is 4.18. The molecule has 0 saturated carbocycles. The van der Waals surface area contributed by atoms with Crippen molar-refractivity contribution in [3.8, 4) is 0 Å². The lowest BCUT2D eigenvalue weighted by Gasteiger charge is -2.13. The van der Waals surface area contributed by atoms with Crippen molar-refractivity contribution in [1.82, 2.24) is 9.97 Å². The van der Waals surface area contributed by atoms with Crippen LogP contribution in [0.25, 0.3) is 11.0 Å². The summed E-state index contributed by atoms with van der Waals surface area (Å²) < 4.78 is 0. The topological polar surface area (TPSA) is 25.8 Å². The Morgan fingerprint density at radius 1 is 0.842 bits per heavy atom. The van der Waals surface area contributed by atoms with Gasteiger partial charge in [0, 0.05) is 0 Å². The number of fused-ring (bicyclic) bond motifs is 1. The average molecular weight is 256 g/mol. The number of rotatable bonds is 4. The van der Waals surface area contributed by atoms with Crippen molar-refractivity contribution in [3.63, 3.8) is 0 Å². The van der Waals surface area contributed by atoms with Crippen LogP contribution in [0.2, 0.25) is 0 Å². The lowest BCUT2D eigenvalue weighted by Crippen LogP contribution is -2.08. The number of aromatic nitrogens is 2. The van der Waals surface area contributed by atoms with Gasteiger partial charge in [0.1, 0.15) is 0 Å². The lowest BCUT2D eigenvalue weighted by atomic mass is 10.0. The first-order chi connectivity index (χ1) is 8.95. The maximum atomic E-state index is 4.87. The summed E-state index contributed by atoms with van der Waals surface area (Å²) in [6.45, 7) is 11.0.